The van der Waals surface area contributed by atoms with Crippen LogP contribution in [0.2, 0.25) is 5.02 Å². The lowest BCUT2D eigenvalue weighted by molar-refractivity contribution is 0.170. The van der Waals surface area contributed by atoms with Crippen LogP contribution in [0, 0.1) is 6.92 Å². The van der Waals surface area contributed by atoms with E-state index in [0.717, 1.165) is 23.1 Å². The second-order valence-electron chi connectivity index (χ2n) is 7.91. The monoisotopic (exact) mass is 493 g/mol. The number of para-hydroxylation sites is 1. The molecule has 1 unspecified atom stereocenters. The van der Waals surface area contributed by atoms with Crippen LogP contribution in [0.5, 0.6) is 0 Å². The van der Waals surface area contributed by atoms with Gasteiger partial charge in [-0.25, -0.2) is 8.42 Å². The molecule has 0 aliphatic carbocycles. The number of rotatable bonds is 4. The van der Waals surface area contributed by atoms with Gasteiger partial charge in [-0.2, -0.15) is 10.1 Å². The number of aromatic nitrogens is 3. The van der Waals surface area contributed by atoms with Crippen LogP contribution in [-0.2, 0) is 9.84 Å². The maximum atomic E-state index is 11.9. The number of aryl methyl sites for hydroxylation is 1. The van der Waals surface area contributed by atoms with Gasteiger partial charge >= 0.3 is 0 Å². The topological polar surface area (TPSA) is 101 Å². The van der Waals surface area contributed by atoms with Gasteiger partial charge in [-0.1, -0.05) is 54.1 Å². The number of halogens is 1. The molecule has 0 amide bonds. The van der Waals surface area contributed by atoms with Crippen molar-refractivity contribution in [1.82, 2.24) is 14.8 Å². The van der Waals surface area contributed by atoms with E-state index in [9.17, 15) is 13.5 Å². The van der Waals surface area contributed by atoms with E-state index in [1.807, 2.05) is 47.9 Å². The van der Waals surface area contributed by atoms with Crippen molar-refractivity contribution in [3.63, 3.8) is 0 Å². The first-order valence-electron chi connectivity index (χ1n) is 10.4. The molecular weight excluding hydrogens is 474 g/mol. The van der Waals surface area contributed by atoms with Crippen molar-refractivity contribution < 1.29 is 13.5 Å². The Hall–Kier alpha value is -3.53. The number of nitrogens with zero attached hydrogens (tertiary/aromatic N) is 5. The van der Waals surface area contributed by atoms with Gasteiger partial charge in [0.2, 0.25) is 0 Å². The predicted molar refractivity (Wildman–Crippen MR) is 130 cm³/mol. The summed E-state index contributed by atoms with van der Waals surface area (Å²) in [5.41, 5.74) is 3.51. The number of hydrogen-bond acceptors (Lipinski definition) is 7. The highest BCUT2D eigenvalue weighted by Gasteiger charge is 2.30. The summed E-state index contributed by atoms with van der Waals surface area (Å²) in [5.74, 6) is 0.952. The Morgan fingerprint density at radius 3 is 2.29 bits per heavy atom. The summed E-state index contributed by atoms with van der Waals surface area (Å²) in [6.45, 7) is 1.83. The van der Waals surface area contributed by atoms with Crippen molar-refractivity contribution in [2.24, 2.45) is 5.10 Å². The zero-order valence-electron chi connectivity index (χ0n) is 18.3. The van der Waals surface area contributed by atoms with E-state index in [-0.39, 0.29) is 4.90 Å². The molecule has 2 heterocycles. The minimum atomic E-state index is -3.37. The lowest BCUT2D eigenvalue weighted by Gasteiger charge is -2.24. The number of aliphatic hydroxyl groups is 1. The third-order valence-corrected chi connectivity index (χ3v) is 6.96. The number of benzene rings is 3. The number of sulfone groups is 1. The first-order valence-corrected chi connectivity index (χ1v) is 12.6. The molecule has 0 saturated carbocycles. The normalized spacial score (nSPS) is 14.1. The van der Waals surface area contributed by atoms with Crippen LogP contribution in [-0.4, -0.2) is 40.3 Å². The summed E-state index contributed by atoms with van der Waals surface area (Å²) in [4.78, 5) is 0.163. The van der Waals surface area contributed by atoms with E-state index in [2.05, 4.69) is 10.2 Å². The number of anilines is 1. The van der Waals surface area contributed by atoms with Crippen LogP contribution >= 0.6 is 11.6 Å². The highest BCUT2D eigenvalue weighted by Crippen LogP contribution is 2.34. The van der Waals surface area contributed by atoms with Crippen molar-refractivity contribution in [3.8, 4) is 5.69 Å². The Morgan fingerprint density at radius 1 is 0.941 bits per heavy atom. The third kappa shape index (κ3) is 3.87. The molecule has 1 aromatic heterocycles. The van der Waals surface area contributed by atoms with Crippen molar-refractivity contribution >= 4 is 33.1 Å². The van der Waals surface area contributed by atoms with E-state index in [4.69, 9.17) is 16.7 Å². The van der Waals surface area contributed by atoms with E-state index >= 15 is 0 Å². The quantitative estimate of drug-likeness (QED) is 0.463. The Balaban J connectivity index is 1.70. The van der Waals surface area contributed by atoms with E-state index in [1.165, 1.54) is 17.1 Å². The third-order valence-electron chi connectivity index (χ3n) is 5.58. The first kappa shape index (κ1) is 22.3. The molecule has 4 aromatic rings. The molecule has 1 N–H and O–H groups in total. The summed E-state index contributed by atoms with van der Waals surface area (Å²) < 4.78 is 25.5. The molecule has 0 spiro atoms. The maximum absolute atomic E-state index is 11.9. The predicted octanol–water partition coefficient (Wildman–Crippen LogP) is 3.90. The molecule has 0 fully saturated rings. The Bertz CT molecular complexity index is 1510. The molecule has 0 bridgehead atoms. The second-order valence-corrected chi connectivity index (χ2v) is 10.4. The second kappa shape index (κ2) is 8.35. The smallest absolute Gasteiger partial charge is 0.255 e. The summed E-state index contributed by atoms with van der Waals surface area (Å²) in [6, 6.07) is 21.0. The minimum Gasteiger partial charge on any atom is -0.368 e. The molecule has 1 aliphatic heterocycles. The average molecular weight is 494 g/mol. The molecule has 5 rings (SSSR count). The molecule has 1 aliphatic rings. The zero-order valence-corrected chi connectivity index (χ0v) is 19.9. The maximum Gasteiger partial charge on any atom is 0.255 e. The van der Waals surface area contributed by atoms with Crippen molar-refractivity contribution in [2.75, 3.05) is 11.3 Å². The number of hydrogen-bond donors (Lipinski definition) is 1. The van der Waals surface area contributed by atoms with Gasteiger partial charge in [0.15, 0.2) is 16.1 Å². The van der Waals surface area contributed by atoms with Crippen LogP contribution in [0.4, 0.5) is 5.95 Å². The molecule has 0 radical (unpaired) electrons. The van der Waals surface area contributed by atoms with E-state index in [0.29, 0.717) is 28.1 Å². The number of hydrazone groups is 1. The van der Waals surface area contributed by atoms with Crippen molar-refractivity contribution in [2.45, 2.75) is 18.0 Å². The largest absolute Gasteiger partial charge is 0.368 e. The molecule has 0 saturated heterocycles. The molecule has 3 aromatic carbocycles. The van der Waals surface area contributed by atoms with Gasteiger partial charge in [0, 0.05) is 28.0 Å². The number of fused-ring (bicyclic) bond motifs is 3. The fraction of sp³-hybridized carbons (Fsp3) is 0.125. The lowest BCUT2D eigenvalue weighted by Crippen LogP contribution is -2.26. The fourth-order valence-corrected chi connectivity index (χ4v) is 4.63. The van der Waals surface area contributed by atoms with Gasteiger partial charge < -0.3 is 5.11 Å². The molecule has 10 heteroatoms. The Kier molecular flexibility index (Phi) is 5.47. The minimum absolute atomic E-state index is 0.163. The lowest BCUT2D eigenvalue weighted by atomic mass is 10.0. The van der Waals surface area contributed by atoms with Crippen molar-refractivity contribution in [3.05, 3.63) is 100 Å². The average Bonchev–Trinajstić information content (AvgIpc) is 3.13. The summed E-state index contributed by atoms with van der Waals surface area (Å²) in [5, 5.41) is 26.7. The number of aliphatic hydroxyl groups excluding tert-OH is 1. The first-order chi connectivity index (χ1) is 16.2. The van der Waals surface area contributed by atoms with Crippen molar-refractivity contribution in [1.29, 1.82) is 0 Å². The van der Waals surface area contributed by atoms with Gasteiger partial charge in [-0.15, -0.1) is 10.2 Å². The van der Waals surface area contributed by atoms with Crippen LogP contribution in [0.3, 0.4) is 0 Å². The SMILES string of the molecule is Cc1nnc2n1-c1ccccc1C(c1ccc(Cl)cc1)=NN2C(O)c1ccc(S(C)(=O)=O)cc1. The van der Waals surface area contributed by atoms with Gasteiger partial charge in [-0.05, 0) is 37.3 Å². The molecule has 8 nitrogen and oxygen atoms in total. The van der Waals surface area contributed by atoms with Gasteiger partial charge in [0.1, 0.15) is 11.5 Å². The summed E-state index contributed by atoms with van der Waals surface area (Å²) >= 11 is 6.11. The van der Waals surface area contributed by atoms with E-state index < -0.39 is 16.1 Å². The summed E-state index contributed by atoms with van der Waals surface area (Å²) in [6.07, 6.45) is -0.120. The summed E-state index contributed by atoms with van der Waals surface area (Å²) in [7, 11) is -3.37. The molecular formula is C24H20ClN5O3S. The van der Waals surface area contributed by atoms with Gasteiger partial charge in [-0.3, -0.25) is 4.57 Å². The van der Waals surface area contributed by atoms with E-state index in [1.54, 1.807) is 24.3 Å². The van der Waals surface area contributed by atoms with Crippen LogP contribution in [0.1, 0.15) is 28.7 Å². The highest BCUT2D eigenvalue weighted by atomic mass is 35.5. The van der Waals surface area contributed by atoms with Crippen LogP contribution < -0.4 is 5.01 Å². The molecule has 34 heavy (non-hydrogen) atoms. The fourth-order valence-electron chi connectivity index (χ4n) is 3.87. The Labute approximate surface area is 201 Å². The molecule has 1 atom stereocenters. The van der Waals surface area contributed by atoms with Crippen LogP contribution in [0.15, 0.2) is 82.8 Å². The van der Waals surface area contributed by atoms with Crippen LogP contribution in [0.25, 0.3) is 5.69 Å². The standard InChI is InChI=1S/C24H20ClN5O3S/c1-15-26-27-24-29(15)21-6-4-3-5-20(21)22(16-7-11-18(25)12-8-16)28-30(24)23(31)17-9-13-19(14-10-17)34(2,32)33/h3-14,23,31H,1-2H3. The van der Waals surface area contributed by atoms with Gasteiger partial charge in [0.25, 0.3) is 5.95 Å². The Morgan fingerprint density at radius 2 is 1.62 bits per heavy atom. The zero-order chi connectivity index (χ0) is 24.0. The molecule has 172 valence electrons. The highest BCUT2D eigenvalue weighted by molar-refractivity contribution is 7.90. The van der Waals surface area contributed by atoms with Gasteiger partial charge in [0.05, 0.1) is 10.6 Å².